The predicted octanol–water partition coefficient (Wildman–Crippen LogP) is -0.0278. The van der Waals surface area contributed by atoms with Crippen LogP contribution in [0.15, 0.2) is 58.3 Å². The number of hydrogen-bond acceptors (Lipinski definition) is 8. The summed E-state index contributed by atoms with van der Waals surface area (Å²) in [6.07, 6.45) is 0. The number of nitrogens with zero attached hydrogens (tertiary/aromatic N) is 2. The summed E-state index contributed by atoms with van der Waals surface area (Å²) in [5, 5.41) is 18.6. The molecule has 32 heavy (non-hydrogen) atoms. The van der Waals surface area contributed by atoms with Crippen molar-refractivity contribution in [2.45, 2.75) is 9.79 Å². The van der Waals surface area contributed by atoms with Gasteiger partial charge >= 0.3 is 0 Å². The van der Waals surface area contributed by atoms with E-state index in [0.29, 0.717) is 13.1 Å². The SMILES string of the molecule is O=S(=O)(NCCN1CCN(CCNS(=O)(=O)c2ccc(O)cc2)CC1)c1ccc(O)cc1. The Labute approximate surface area is 188 Å². The standard InChI is InChI=1S/C20H28N4O6S2/c25-17-1-5-19(6-2-17)31(27,28)21-9-11-23-13-15-24(16-14-23)12-10-22-32(29,30)20-7-3-18(26)4-8-20/h1-8,21-22,25-26H,9-16H2. The lowest BCUT2D eigenvalue weighted by atomic mass is 10.3. The third-order valence-electron chi connectivity index (χ3n) is 5.20. The lowest BCUT2D eigenvalue weighted by molar-refractivity contribution is 0.136. The molecule has 0 spiro atoms. The molecule has 1 aliphatic rings. The van der Waals surface area contributed by atoms with Gasteiger partial charge in [0.25, 0.3) is 0 Å². The monoisotopic (exact) mass is 484 g/mol. The molecule has 2 aromatic carbocycles. The average molecular weight is 485 g/mol. The summed E-state index contributed by atoms with van der Waals surface area (Å²) in [6, 6.07) is 10.7. The molecule has 1 aliphatic heterocycles. The first-order chi connectivity index (χ1) is 15.2. The largest absolute Gasteiger partial charge is 0.508 e. The molecule has 4 N–H and O–H groups in total. The molecule has 10 nitrogen and oxygen atoms in total. The van der Waals surface area contributed by atoms with Crippen LogP contribution in [0.25, 0.3) is 0 Å². The van der Waals surface area contributed by atoms with Gasteiger partial charge in [0.2, 0.25) is 20.0 Å². The zero-order valence-electron chi connectivity index (χ0n) is 17.5. The first-order valence-corrected chi connectivity index (χ1v) is 13.1. The van der Waals surface area contributed by atoms with Gasteiger partial charge in [0.1, 0.15) is 11.5 Å². The summed E-state index contributed by atoms with van der Waals surface area (Å²) in [7, 11) is -7.23. The molecule has 0 bridgehead atoms. The number of phenolic OH excluding ortho intramolecular Hbond substituents is 2. The first-order valence-electron chi connectivity index (χ1n) is 10.2. The van der Waals surface area contributed by atoms with E-state index in [9.17, 15) is 27.0 Å². The number of phenols is 2. The van der Waals surface area contributed by atoms with Crippen molar-refractivity contribution in [2.24, 2.45) is 0 Å². The van der Waals surface area contributed by atoms with Crippen molar-refractivity contribution < 1.29 is 27.0 Å². The van der Waals surface area contributed by atoms with E-state index >= 15 is 0 Å². The Morgan fingerprint density at radius 1 is 0.625 bits per heavy atom. The molecule has 1 saturated heterocycles. The van der Waals surface area contributed by atoms with Crippen molar-refractivity contribution in [3.05, 3.63) is 48.5 Å². The molecule has 1 fully saturated rings. The Morgan fingerprint density at radius 2 is 0.938 bits per heavy atom. The minimum Gasteiger partial charge on any atom is -0.508 e. The Kier molecular flexibility index (Phi) is 8.09. The fourth-order valence-electron chi connectivity index (χ4n) is 3.33. The number of sulfonamides is 2. The van der Waals surface area contributed by atoms with Gasteiger partial charge in [0.15, 0.2) is 0 Å². The zero-order valence-corrected chi connectivity index (χ0v) is 19.1. The highest BCUT2D eigenvalue weighted by Gasteiger charge is 2.19. The summed E-state index contributed by atoms with van der Waals surface area (Å²) in [5.74, 6) is 0.0185. The van der Waals surface area contributed by atoms with Gasteiger partial charge in [-0.15, -0.1) is 0 Å². The highest BCUT2D eigenvalue weighted by Crippen LogP contribution is 2.15. The Hall–Kier alpha value is -2.22. The van der Waals surface area contributed by atoms with Crippen molar-refractivity contribution in [3.8, 4) is 11.5 Å². The van der Waals surface area contributed by atoms with Gasteiger partial charge in [-0.25, -0.2) is 26.3 Å². The maximum Gasteiger partial charge on any atom is 0.240 e. The van der Waals surface area contributed by atoms with Crippen LogP contribution in [0.4, 0.5) is 0 Å². The van der Waals surface area contributed by atoms with Crippen LogP contribution in [-0.2, 0) is 20.0 Å². The summed E-state index contributed by atoms with van der Waals surface area (Å²) < 4.78 is 54.2. The van der Waals surface area contributed by atoms with Crippen molar-refractivity contribution >= 4 is 20.0 Å². The van der Waals surface area contributed by atoms with E-state index < -0.39 is 20.0 Å². The number of nitrogens with one attached hydrogen (secondary N) is 2. The third kappa shape index (κ3) is 6.89. The van der Waals surface area contributed by atoms with Gasteiger partial charge in [-0.2, -0.15) is 0 Å². The van der Waals surface area contributed by atoms with Crippen LogP contribution in [-0.4, -0.2) is 89.2 Å². The van der Waals surface area contributed by atoms with Crippen molar-refractivity contribution in [1.29, 1.82) is 0 Å². The molecule has 176 valence electrons. The summed E-state index contributed by atoms with van der Waals surface area (Å²) >= 11 is 0. The van der Waals surface area contributed by atoms with Crippen LogP contribution in [0.1, 0.15) is 0 Å². The average Bonchev–Trinajstić information content (AvgIpc) is 2.75. The Bertz CT molecular complexity index is 992. The number of rotatable bonds is 10. The Morgan fingerprint density at radius 3 is 1.25 bits per heavy atom. The van der Waals surface area contributed by atoms with Gasteiger partial charge in [-0.3, -0.25) is 9.80 Å². The second kappa shape index (κ2) is 10.6. The third-order valence-corrected chi connectivity index (χ3v) is 8.15. The molecule has 2 aromatic rings. The minimum atomic E-state index is -3.62. The van der Waals surface area contributed by atoms with Gasteiger partial charge in [-0.1, -0.05) is 0 Å². The van der Waals surface area contributed by atoms with Crippen LogP contribution in [0.3, 0.4) is 0 Å². The quantitative estimate of drug-likeness (QED) is 0.369. The van der Waals surface area contributed by atoms with Crippen LogP contribution in [0.5, 0.6) is 11.5 Å². The predicted molar refractivity (Wildman–Crippen MR) is 119 cm³/mol. The molecule has 3 rings (SSSR count). The maximum absolute atomic E-state index is 12.3. The molecular formula is C20H28N4O6S2. The maximum atomic E-state index is 12.3. The molecule has 0 aliphatic carbocycles. The smallest absolute Gasteiger partial charge is 0.240 e. The first kappa shape index (κ1) is 24.4. The fraction of sp³-hybridized carbons (Fsp3) is 0.400. The highest BCUT2D eigenvalue weighted by molar-refractivity contribution is 7.89. The normalized spacial score (nSPS) is 16.2. The van der Waals surface area contributed by atoms with E-state index in [0.717, 1.165) is 26.2 Å². The minimum absolute atomic E-state index is 0.00923. The molecule has 0 amide bonds. The summed E-state index contributed by atoms with van der Waals surface area (Å²) in [6.45, 7) is 4.71. The second-order valence-electron chi connectivity index (χ2n) is 7.47. The second-order valence-corrected chi connectivity index (χ2v) is 11.0. The Balaban J connectivity index is 1.35. The number of benzene rings is 2. The van der Waals surface area contributed by atoms with Crippen LogP contribution in [0.2, 0.25) is 0 Å². The lowest BCUT2D eigenvalue weighted by Crippen LogP contribution is -2.49. The van der Waals surface area contributed by atoms with Crippen molar-refractivity contribution in [2.75, 3.05) is 52.4 Å². The van der Waals surface area contributed by atoms with Gasteiger partial charge in [-0.05, 0) is 48.5 Å². The molecule has 0 radical (unpaired) electrons. The molecule has 0 saturated carbocycles. The van der Waals surface area contributed by atoms with E-state index in [-0.39, 0.29) is 34.4 Å². The summed E-state index contributed by atoms with van der Waals surface area (Å²) in [5.41, 5.74) is 0. The van der Waals surface area contributed by atoms with Crippen LogP contribution >= 0.6 is 0 Å². The van der Waals surface area contributed by atoms with E-state index in [1.54, 1.807) is 0 Å². The highest BCUT2D eigenvalue weighted by atomic mass is 32.2. The molecule has 0 atom stereocenters. The van der Waals surface area contributed by atoms with Crippen molar-refractivity contribution in [3.63, 3.8) is 0 Å². The number of piperazine rings is 1. The zero-order chi connectivity index (χ0) is 23.2. The van der Waals surface area contributed by atoms with Crippen LogP contribution in [0, 0.1) is 0 Å². The van der Waals surface area contributed by atoms with Gasteiger partial charge in [0.05, 0.1) is 9.79 Å². The number of aromatic hydroxyl groups is 2. The van der Waals surface area contributed by atoms with E-state index in [1.165, 1.54) is 48.5 Å². The summed E-state index contributed by atoms with van der Waals surface area (Å²) in [4.78, 5) is 4.51. The van der Waals surface area contributed by atoms with E-state index in [2.05, 4.69) is 19.2 Å². The molecule has 12 heteroatoms. The topological polar surface area (TPSA) is 139 Å². The van der Waals surface area contributed by atoms with Gasteiger partial charge < -0.3 is 10.2 Å². The van der Waals surface area contributed by atoms with E-state index in [4.69, 9.17) is 0 Å². The van der Waals surface area contributed by atoms with Crippen molar-refractivity contribution in [1.82, 2.24) is 19.2 Å². The molecule has 0 aromatic heterocycles. The fourth-order valence-corrected chi connectivity index (χ4v) is 5.37. The molecular weight excluding hydrogens is 456 g/mol. The van der Waals surface area contributed by atoms with Gasteiger partial charge in [0, 0.05) is 52.4 Å². The van der Waals surface area contributed by atoms with Crippen LogP contribution < -0.4 is 9.44 Å². The van der Waals surface area contributed by atoms with E-state index in [1.807, 2.05) is 0 Å². The lowest BCUT2D eigenvalue weighted by Gasteiger charge is -2.34. The molecule has 0 unspecified atom stereocenters. The number of hydrogen-bond donors (Lipinski definition) is 4. The molecule has 1 heterocycles.